The molecule has 0 fully saturated rings. The number of hydrogen-bond acceptors (Lipinski definition) is 3. The van der Waals surface area contributed by atoms with Crippen molar-refractivity contribution < 1.29 is 8.81 Å². The Morgan fingerprint density at radius 2 is 2.10 bits per heavy atom. The number of aromatic nitrogens is 2. The summed E-state index contributed by atoms with van der Waals surface area (Å²) in [5, 5.41) is 4.43. The summed E-state index contributed by atoms with van der Waals surface area (Å²) in [6.45, 7) is 1.86. The topological polar surface area (TPSA) is 57.0 Å². The average Bonchev–Trinajstić information content (AvgIpc) is 2.94. The lowest BCUT2D eigenvalue weighted by atomic mass is 10.0. The van der Waals surface area contributed by atoms with Crippen LogP contribution in [0.2, 0.25) is 0 Å². The van der Waals surface area contributed by atoms with Gasteiger partial charge in [-0.05, 0) is 30.7 Å². The fourth-order valence-corrected chi connectivity index (χ4v) is 2.28. The standard InChI is InChI=1S/C15H14FN3O/c1-9-12(6-7-20-9)14-13(15(17)19(2)18-14)10-4-3-5-11(16)8-10/h3-8H,17H2,1-2H3. The maximum absolute atomic E-state index is 13.5. The van der Waals surface area contributed by atoms with Crippen LogP contribution in [0.1, 0.15) is 5.76 Å². The Labute approximate surface area is 115 Å². The van der Waals surface area contributed by atoms with Crippen LogP contribution >= 0.6 is 0 Å². The van der Waals surface area contributed by atoms with Crippen LogP contribution in [0.15, 0.2) is 41.0 Å². The zero-order valence-corrected chi connectivity index (χ0v) is 11.2. The van der Waals surface area contributed by atoms with Gasteiger partial charge in [-0.3, -0.25) is 4.68 Å². The lowest BCUT2D eigenvalue weighted by molar-refractivity contribution is 0.535. The number of nitrogens with zero attached hydrogens (tertiary/aromatic N) is 2. The molecule has 0 aliphatic heterocycles. The van der Waals surface area contributed by atoms with E-state index in [2.05, 4.69) is 5.10 Å². The fraction of sp³-hybridized carbons (Fsp3) is 0.133. The number of benzene rings is 1. The molecule has 1 aromatic carbocycles. The highest BCUT2D eigenvalue weighted by atomic mass is 19.1. The molecule has 2 heterocycles. The second-order valence-corrected chi connectivity index (χ2v) is 4.63. The molecule has 3 rings (SSSR count). The molecule has 3 aromatic rings. The van der Waals surface area contributed by atoms with Crippen molar-refractivity contribution in [3.8, 4) is 22.4 Å². The van der Waals surface area contributed by atoms with E-state index < -0.39 is 0 Å². The summed E-state index contributed by atoms with van der Waals surface area (Å²) in [4.78, 5) is 0. The quantitative estimate of drug-likeness (QED) is 0.777. The molecule has 0 unspecified atom stereocenters. The van der Waals surface area contributed by atoms with Crippen LogP contribution in [0.3, 0.4) is 0 Å². The van der Waals surface area contributed by atoms with E-state index in [1.165, 1.54) is 12.1 Å². The first-order valence-corrected chi connectivity index (χ1v) is 6.21. The van der Waals surface area contributed by atoms with E-state index in [1.54, 1.807) is 24.1 Å². The summed E-state index contributed by atoms with van der Waals surface area (Å²) in [5.74, 6) is 0.938. The van der Waals surface area contributed by atoms with E-state index >= 15 is 0 Å². The molecule has 2 aromatic heterocycles. The van der Waals surface area contributed by atoms with E-state index in [0.29, 0.717) is 17.1 Å². The van der Waals surface area contributed by atoms with Gasteiger partial charge >= 0.3 is 0 Å². The summed E-state index contributed by atoms with van der Waals surface area (Å²) < 4.78 is 20.4. The Morgan fingerprint density at radius 3 is 2.75 bits per heavy atom. The largest absolute Gasteiger partial charge is 0.469 e. The molecule has 2 N–H and O–H groups in total. The number of anilines is 1. The van der Waals surface area contributed by atoms with Gasteiger partial charge < -0.3 is 10.2 Å². The van der Waals surface area contributed by atoms with E-state index in [-0.39, 0.29) is 5.82 Å². The third-order valence-electron chi connectivity index (χ3n) is 3.32. The summed E-state index contributed by atoms with van der Waals surface area (Å²) in [6, 6.07) is 8.16. The monoisotopic (exact) mass is 271 g/mol. The number of furan rings is 1. The number of aryl methyl sites for hydroxylation is 2. The molecule has 0 radical (unpaired) electrons. The van der Waals surface area contributed by atoms with E-state index in [0.717, 1.165) is 16.9 Å². The minimum atomic E-state index is -0.305. The van der Waals surface area contributed by atoms with Crippen LogP contribution in [0.5, 0.6) is 0 Å². The van der Waals surface area contributed by atoms with Gasteiger partial charge in [0.1, 0.15) is 23.1 Å². The summed E-state index contributed by atoms with van der Waals surface area (Å²) >= 11 is 0. The summed E-state index contributed by atoms with van der Waals surface area (Å²) in [5.41, 5.74) is 9.06. The summed E-state index contributed by atoms with van der Waals surface area (Å²) in [6.07, 6.45) is 1.60. The van der Waals surface area contributed by atoms with Crippen molar-refractivity contribution in [1.82, 2.24) is 9.78 Å². The smallest absolute Gasteiger partial charge is 0.129 e. The summed E-state index contributed by atoms with van der Waals surface area (Å²) in [7, 11) is 1.76. The van der Waals surface area contributed by atoms with Crippen LogP contribution in [0.4, 0.5) is 10.2 Å². The van der Waals surface area contributed by atoms with Gasteiger partial charge in [0.25, 0.3) is 0 Å². The maximum Gasteiger partial charge on any atom is 0.129 e. The lowest BCUT2D eigenvalue weighted by Crippen LogP contribution is -1.98. The van der Waals surface area contributed by atoms with Crippen LogP contribution in [-0.2, 0) is 7.05 Å². The molecule has 0 spiro atoms. The highest BCUT2D eigenvalue weighted by Crippen LogP contribution is 2.37. The van der Waals surface area contributed by atoms with Crippen molar-refractivity contribution in [2.75, 3.05) is 5.73 Å². The van der Waals surface area contributed by atoms with E-state index in [1.807, 2.05) is 19.1 Å². The molecule has 20 heavy (non-hydrogen) atoms. The molecule has 4 nitrogen and oxygen atoms in total. The Morgan fingerprint density at radius 1 is 1.30 bits per heavy atom. The number of nitrogen functional groups attached to an aromatic ring is 1. The fourth-order valence-electron chi connectivity index (χ4n) is 2.28. The molecule has 0 bridgehead atoms. The molecular formula is C15H14FN3O. The van der Waals surface area contributed by atoms with Crippen LogP contribution in [-0.4, -0.2) is 9.78 Å². The zero-order chi connectivity index (χ0) is 14.3. The third kappa shape index (κ3) is 1.87. The van der Waals surface area contributed by atoms with Gasteiger partial charge in [0.2, 0.25) is 0 Å². The Balaban J connectivity index is 2.28. The predicted octanol–water partition coefficient (Wildman–Crippen LogP) is 3.38. The van der Waals surface area contributed by atoms with Crippen molar-refractivity contribution in [2.24, 2.45) is 7.05 Å². The molecule has 5 heteroatoms. The highest BCUT2D eigenvalue weighted by molar-refractivity contribution is 5.88. The number of nitrogens with two attached hydrogens (primary N) is 1. The van der Waals surface area contributed by atoms with Gasteiger partial charge in [0, 0.05) is 12.6 Å². The molecule has 0 aliphatic carbocycles. The van der Waals surface area contributed by atoms with Crippen molar-refractivity contribution in [2.45, 2.75) is 6.92 Å². The minimum Gasteiger partial charge on any atom is -0.469 e. The van der Waals surface area contributed by atoms with Gasteiger partial charge in [0.05, 0.1) is 11.8 Å². The number of hydrogen-bond donors (Lipinski definition) is 1. The minimum absolute atomic E-state index is 0.305. The Hall–Kier alpha value is -2.56. The molecule has 0 amide bonds. The number of rotatable bonds is 2. The van der Waals surface area contributed by atoms with Gasteiger partial charge in [-0.2, -0.15) is 5.10 Å². The van der Waals surface area contributed by atoms with Crippen LogP contribution in [0, 0.1) is 12.7 Å². The highest BCUT2D eigenvalue weighted by Gasteiger charge is 2.20. The van der Waals surface area contributed by atoms with Gasteiger partial charge in [-0.15, -0.1) is 0 Å². The Kier molecular flexibility index (Phi) is 2.82. The molecule has 0 atom stereocenters. The van der Waals surface area contributed by atoms with Crippen molar-refractivity contribution in [3.63, 3.8) is 0 Å². The molecular weight excluding hydrogens is 257 g/mol. The molecule has 102 valence electrons. The van der Waals surface area contributed by atoms with Crippen LogP contribution in [0.25, 0.3) is 22.4 Å². The van der Waals surface area contributed by atoms with E-state index in [4.69, 9.17) is 10.2 Å². The second kappa shape index (κ2) is 4.52. The van der Waals surface area contributed by atoms with Crippen molar-refractivity contribution >= 4 is 5.82 Å². The third-order valence-corrected chi connectivity index (χ3v) is 3.32. The first kappa shape index (κ1) is 12.5. The van der Waals surface area contributed by atoms with Gasteiger partial charge in [-0.25, -0.2) is 4.39 Å². The second-order valence-electron chi connectivity index (χ2n) is 4.63. The van der Waals surface area contributed by atoms with Gasteiger partial charge in [-0.1, -0.05) is 12.1 Å². The first-order chi connectivity index (χ1) is 9.58. The van der Waals surface area contributed by atoms with Crippen LogP contribution < -0.4 is 5.73 Å². The van der Waals surface area contributed by atoms with Gasteiger partial charge in [0.15, 0.2) is 0 Å². The first-order valence-electron chi connectivity index (χ1n) is 6.21. The maximum atomic E-state index is 13.5. The molecule has 0 saturated heterocycles. The van der Waals surface area contributed by atoms with E-state index in [9.17, 15) is 4.39 Å². The Bertz CT molecular complexity index is 773. The number of halogens is 1. The zero-order valence-electron chi connectivity index (χ0n) is 11.2. The molecule has 0 aliphatic rings. The predicted molar refractivity (Wildman–Crippen MR) is 75.5 cm³/mol. The SMILES string of the molecule is Cc1occc1-c1nn(C)c(N)c1-c1cccc(F)c1. The van der Waals surface area contributed by atoms with Crippen molar-refractivity contribution in [3.05, 3.63) is 48.2 Å². The normalized spacial score (nSPS) is 10.9. The van der Waals surface area contributed by atoms with Crippen molar-refractivity contribution in [1.29, 1.82) is 0 Å². The molecule has 0 saturated carbocycles. The lowest BCUT2D eigenvalue weighted by Gasteiger charge is -2.04. The average molecular weight is 271 g/mol.